The summed E-state index contributed by atoms with van der Waals surface area (Å²) < 4.78 is 6.30. The molecule has 0 aromatic heterocycles. The van der Waals surface area contributed by atoms with Gasteiger partial charge in [-0.15, -0.1) is 0 Å². The van der Waals surface area contributed by atoms with Gasteiger partial charge in [0.1, 0.15) is 11.9 Å². The number of ether oxygens (including phenoxy) is 1. The Morgan fingerprint density at radius 1 is 1.42 bits per heavy atom. The number of halogens is 1. The highest BCUT2D eigenvalue weighted by Crippen LogP contribution is 2.28. The van der Waals surface area contributed by atoms with Crippen molar-refractivity contribution in [2.75, 3.05) is 13.1 Å². The van der Waals surface area contributed by atoms with Crippen LogP contribution in [0.4, 0.5) is 0 Å². The van der Waals surface area contributed by atoms with Gasteiger partial charge in [0.15, 0.2) is 0 Å². The zero-order chi connectivity index (χ0) is 13.8. The van der Waals surface area contributed by atoms with Crippen LogP contribution < -0.4 is 10.1 Å². The highest BCUT2D eigenvalue weighted by atomic mass is 35.5. The average molecular weight is 282 g/mol. The van der Waals surface area contributed by atoms with Gasteiger partial charge >= 0.3 is 0 Å². The predicted octanol–water partition coefficient (Wildman–Crippen LogP) is 4.05. The summed E-state index contributed by atoms with van der Waals surface area (Å²) in [4.78, 5) is 0. The van der Waals surface area contributed by atoms with Gasteiger partial charge in [-0.25, -0.2) is 0 Å². The van der Waals surface area contributed by atoms with Crippen molar-refractivity contribution in [2.45, 2.75) is 39.7 Å². The molecular weight excluding hydrogens is 258 g/mol. The van der Waals surface area contributed by atoms with E-state index in [-0.39, 0.29) is 0 Å². The van der Waals surface area contributed by atoms with Gasteiger partial charge in [0.2, 0.25) is 0 Å². The number of hydrogen-bond donors (Lipinski definition) is 1. The zero-order valence-corrected chi connectivity index (χ0v) is 12.8. The van der Waals surface area contributed by atoms with Crippen molar-refractivity contribution in [2.24, 2.45) is 11.8 Å². The summed E-state index contributed by atoms with van der Waals surface area (Å²) in [6.07, 6.45) is 2.62. The van der Waals surface area contributed by atoms with E-state index in [1.54, 1.807) is 0 Å². The minimum Gasteiger partial charge on any atom is -0.490 e. The van der Waals surface area contributed by atoms with Gasteiger partial charge in [-0.1, -0.05) is 25.4 Å². The Balaban J connectivity index is 2.09. The summed E-state index contributed by atoms with van der Waals surface area (Å²) in [5.41, 5.74) is 1.12. The molecule has 0 spiro atoms. The van der Waals surface area contributed by atoms with Crippen molar-refractivity contribution in [3.63, 3.8) is 0 Å². The van der Waals surface area contributed by atoms with Gasteiger partial charge in [0, 0.05) is 17.5 Å². The van der Waals surface area contributed by atoms with E-state index in [4.69, 9.17) is 16.3 Å². The summed E-state index contributed by atoms with van der Waals surface area (Å²) in [6.45, 7) is 8.76. The monoisotopic (exact) mass is 281 g/mol. The molecule has 1 aliphatic heterocycles. The van der Waals surface area contributed by atoms with E-state index < -0.39 is 0 Å². The van der Waals surface area contributed by atoms with Gasteiger partial charge in [-0.2, -0.15) is 0 Å². The molecule has 1 fully saturated rings. The number of nitrogens with one attached hydrogen (secondary N) is 1. The molecule has 0 radical (unpaired) electrons. The van der Waals surface area contributed by atoms with E-state index in [0.717, 1.165) is 35.8 Å². The van der Waals surface area contributed by atoms with Crippen LogP contribution in [0, 0.1) is 18.8 Å². The van der Waals surface area contributed by atoms with E-state index in [2.05, 4.69) is 26.1 Å². The first-order chi connectivity index (χ1) is 9.06. The Morgan fingerprint density at radius 2 is 2.21 bits per heavy atom. The maximum atomic E-state index is 6.30. The van der Waals surface area contributed by atoms with Crippen LogP contribution in [0.3, 0.4) is 0 Å². The molecule has 2 rings (SSSR count). The van der Waals surface area contributed by atoms with Gasteiger partial charge in [0.25, 0.3) is 0 Å². The lowest BCUT2D eigenvalue weighted by atomic mass is 9.93. The summed E-state index contributed by atoms with van der Waals surface area (Å²) in [5.74, 6) is 2.25. The fourth-order valence-corrected chi connectivity index (χ4v) is 2.93. The van der Waals surface area contributed by atoms with Crippen LogP contribution in [-0.2, 0) is 0 Å². The van der Waals surface area contributed by atoms with E-state index in [1.807, 2.05) is 18.2 Å². The molecule has 106 valence electrons. The second-order valence-electron chi connectivity index (χ2n) is 5.95. The largest absolute Gasteiger partial charge is 0.490 e. The predicted molar refractivity (Wildman–Crippen MR) is 81.0 cm³/mol. The van der Waals surface area contributed by atoms with Crippen LogP contribution in [0.2, 0.25) is 5.02 Å². The first kappa shape index (κ1) is 14.7. The van der Waals surface area contributed by atoms with Crippen LogP contribution in [-0.4, -0.2) is 19.2 Å². The number of benzene rings is 1. The first-order valence-corrected chi connectivity index (χ1v) is 7.57. The molecule has 1 unspecified atom stereocenters. The fraction of sp³-hybridized carbons (Fsp3) is 0.625. The lowest BCUT2D eigenvalue weighted by molar-refractivity contribution is 0.119. The number of hydrogen-bond acceptors (Lipinski definition) is 2. The standard InChI is InChI=1S/C16H24ClNO/c1-11(2)8-16(13-6-7-18-10-13)19-15-5-4-14(17)9-12(15)3/h4-5,9,11,13,16,18H,6-8,10H2,1-3H3/t13?,16-/m1/s1. The molecule has 0 aliphatic carbocycles. The molecule has 1 saturated heterocycles. The van der Waals surface area contributed by atoms with Crippen molar-refractivity contribution in [1.29, 1.82) is 0 Å². The third-order valence-electron chi connectivity index (χ3n) is 3.74. The molecule has 0 amide bonds. The molecule has 1 aromatic carbocycles. The Hall–Kier alpha value is -0.730. The third kappa shape index (κ3) is 4.12. The van der Waals surface area contributed by atoms with Crippen LogP contribution >= 0.6 is 11.6 Å². The van der Waals surface area contributed by atoms with E-state index in [1.165, 1.54) is 6.42 Å². The molecule has 1 heterocycles. The maximum Gasteiger partial charge on any atom is 0.122 e. The smallest absolute Gasteiger partial charge is 0.122 e. The average Bonchev–Trinajstić information content (AvgIpc) is 2.84. The highest BCUT2D eigenvalue weighted by molar-refractivity contribution is 6.30. The van der Waals surface area contributed by atoms with E-state index in [0.29, 0.717) is 17.9 Å². The second-order valence-corrected chi connectivity index (χ2v) is 6.38. The second kappa shape index (κ2) is 6.62. The molecule has 2 atom stereocenters. The molecule has 0 bridgehead atoms. The lowest BCUT2D eigenvalue weighted by Crippen LogP contribution is -2.30. The number of aryl methyl sites for hydroxylation is 1. The van der Waals surface area contributed by atoms with Gasteiger partial charge < -0.3 is 10.1 Å². The summed E-state index contributed by atoms with van der Waals surface area (Å²) in [5, 5.41) is 4.21. The molecular formula is C16H24ClNO. The van der Waals surface area contributed by atoms with Crippen molar-refractivity contribution in [3.8, 4) is 5.75 Å². The quantitative estimate of drug-likeness (QED) is 0.879. The van der Waals surface area contributed by atoms with Gasteiger partial charge in [0.05, 0.1) is 0 Å². The fourth-order valence-electron chi connectivity index (χ4n) is 2.70. The van der Waals surface area contributed by atoms with Gasteiger partial charge in [-0.3, -0.25) is 0 Å². The minimum absolute atomic E-state index is 0.301. The lowest BCUT2D eigenvalue weighted by Gasteiger charge is -2.26. The molecule has 0 saturated carbocycles. The molecule has 1 aliphatic rings. The first-order valence-electron chi connectivity index (χ1n) is 7.19. The third-order valence-corrected chi connectivity index (χ3v) is 3.98. The molecule has 1 aromatic rings. The summed E-state index contributed by atoms with van der Waals surface area (Å²) >= 11 is 6.00. The molecule has 2 nitrogen and oxygen atoms in total. The molecule has 19 heavy (non-hydrogen) atoms. The Kier molecular flexibility index (Phi) is 5.12. The van der Waals surface area contributed by atoms with Crippen molar-refractivity contribution in [1.82, 2.24) is 5.32 Å². The van der Waals surface area contributed by atoms with Crippen LogP contribution in [0.25, 0.3) is 0 Å². The minimum atomic E-state index is 0.301. The van der Waals surface area contributed by atoms with Crippen LogP contribution in [0.5, 0.6) is 5.75 Å². The normalized spacial score (nSPS) is 20.8. The van der Waals surface area contributed by atoms with Crippen molar-refractivity contribution >= 4 is 11.6 Å². The zero-order valence-electron chi connectivity index (χ0n) is 12.1. The molecule has 1 N–H and O–H groups in total. The van der Waals surface area contributed by atoms with E-state index >= 15 is 0 Å². The Labute approximate surface area is 121 Å². The maximum absolute atomic E-state index is 6.30. The number of rotatable bonds is 5. The SMILES string of the molecule is Cc1cc(Cl)ccc1O[C@H](CC(C)C)C1CCNC1. The van der Waals surface area contributed by atoms with Crippen molar-refractivity contribution in [3.05, 3.63) is 28.8 Å². The van der Waals surface area contributed by atoms with Gasteiger partial charge in [-0.05, 0) is 56.0 Å². The Bertz CT molecular complexity index is 413. The molecule has 3 heteroatoms. The van der Waals surface area contributed by atoms with E-state index in [9.17, 15) is 0 Å². The van der Waals surface area contributed by atoms with Crippen LogP contribution in [0.1, 0.15) is 32.3 Å². The topological polar surface area (TPSA) is 21.3 Å². The van der Waals surface area contributed by atoms with Crippen molar-refractivity contribution < 1.29 is 4.74 Å². The Morgan fingerprint density at radius 3 is 2.79 bits per heavy atom. The summed E-state index contributed by atoms with van der Waals surface area (Å²) in [6, 6.07) is 5.87. The van der Waals surface area contributed by atoms with Crippen LogP contribution in [0.15, 0.2) is 18.2 Å². The highest BCUT2D eigenvalue weighted by Gasteiger charge is 2.27. The summed E-state index contributed by atoms with van der Waals surface area (Å²) in [7, 11) is 0.